The lowest BCUT2D eigenvalue weighted by Gasteiger charge is -2.15. The first-order chi connectivity index (χ1) is 7.90. The lowest BCUT2D eigenvalue weighted by atomic mass is 10.1. The molecule has 0 rings (SSSR count). The predicted molar refractivity (Wildman–Crippen MR) is 62.5 cm³/mol. The van der Waals surface area contributed by atoms with Crippen LogP contribution < -0.4 is 5.32 Å². The summed E-state index contributed by atoms with van der Waals surface area (Å²) in [5, 5.41) is 18.5. The average molecular weight is 260 g/mol. The summed E-state index contributed by atoms with van der Waals surface area (Å²) in [5.74, 6) is -2.31. The third-order valence-electron chi connectivity index (χ3n) is 1.96. The van der Waals surface area contributed by atoms with Gasteiger partial charge in [0.05, 0.1) is 12.5 Å². The fourth-order valence-corrected chi connectivity index (χ4v) is 2.60. The molecule has 7 heteroatoms. The lowest BCUT2D eigenvalue weighted by Crippen LogP contribution is -2.37. The molecule has 0 heterocycles. The molecule has 17 heavy (non-hydrogen) atoms. The molecule has 0 aromatic carbocycles. The normalized spacial score (nSPS) is 13.8. The molecule has 2 unspecified atom stereocenters. The fraction of sp³-hybridized carbons (Fsp3) is 0.700. The Hall–Kier alpha value is -1.42. The van der Waals surface area contributed by atoms with E-state index in [1.54, 1.807) is 13.8 Å². The van der Waals surface area contributed by atoms with Gasteiger partial charge in [-0.3, -0.25) is 13.8 Å². The third-order valence-corrected chi connectivity index (χ3v) is 3.82. The molecule has 0 aliphatic heterocycles. The molecule has 0 aromatic rings. The van der Waals surface area contributed by atoms with Gasteiger partial charge in [-0.05, 0) is 5.92 Å². The molecule has 96 valence electrons. The van der Waals surface area contributed by atoms with Gasteiger partial charge in [0, 0.05) is 17.3 Å². The van der Waals surface area contributed by atoms with Crippen molar-refractivity contribution in [3.63, 3.8) is 0 Å². The highest BCUT2D eigenvalue weighted by atomic mass is 32.2. The lowest BCUT2D eigenvalue weighted by molar-refractivity contribution is -0.137. The van der Waals surface area contributed by atoms with Crippen LogP contribution in [0.1, 0.15) is 20.3 Å². The van der Waals surface area contributed by atoms with E-state index >= 15 is 0 Å². The van der Waals surface area contributed by atoms with Crippen molar-refractivity contribution in [1.82, 2.24) is 5.32 Å². The van der Waals surface area contributed by atoms with Crippen molar-refractivity contribution in [2.24, 2.45) is 5.92 Å². The topological polar surface area (TPSA) is 107 Å². The molecule has 2 atom stereocenters. The molecule has 0 bridgehead atoms. The van der Waals surface area contributed by atoms with Crippen LogP contribution in [0.4, 0.5) is 0 Å². The first-order valence-corrected chi connectivity index (χ1v) is 6.52. The van der Waals surface area contributed by atoms with E-state index in [-0.39, 0.29) is 24.6 Å². The number of carboxylic acids is 1. The highest BCUT2D eigenvalue weighted by Crippen LogP contribution is 2.10. The number of amides is 1. The van der Waals surface area contributed by atoms with Gasteiger partial charge in [0.1, 0.15) is 11.0 Å². The molecular weight excluding hydrogens is 244 g/mol. The zero-order valence-corrected chi connectivity index (χ0v) is 10.6. The van der Waals surface area contributed by atoms with Gasteiger partial charge in [-0.25, -0.2) is 0 Å². The molecule has 0 spiro atoms. The molecule has 1 amide bonds. The van der Waals surface area contributed by atoms with Crippen molar-refractivity contribution in [3.05, 3.63) is 0 Å². The summed E-state index contributed by atoms with van der Waals surface area (Å²) < 4.78 is 11.7. The van der Waals surface area contributed by atoms with Crippen LogP contribution in [0.2, 0.25) is 0 Å². The van der Waals surface area contributed by atoms with Crippen LogP contribution in [-0.2, 0) is 20.4 Å². The summed E-state index contributed by atoms with van der Waals surface area (Å²) in [6.07, 6.45) is 0.172. The SMILES string of the molecule is CC(C)C(C(=O)O)S(=O)CC(=O)NCCC#N. The van der Waals surface area contributed by atoms with Gasteiger partial charge < -0.3 is 10.4 Å². The number of nitrogens with zero attached hydrogens (tertiary/aromatic N) is 1. The van der Waals surface area contributed by atoms with E-state index in [9.17, 15) is 13.8 Å². The highest BCUT2D eigenvalue weighted by Gasteiger charge is 2.29. The van der Waals surface area contributed by atoms with Crippen molar-refractivity contribution in [2.75, 3.05) is 12.3 Å². The Labute approximate surface area is 102 Å². The van der Waals surface area contributed by atoms with E-state index in [0.29, 0.717) is 0 Å². The highest BCUT2D eigenvalue weighted by molar-refractivity contribution is 7.87. The number of rotatable bonds is 7. The number of nitrogens with one attached hydrogen (secondary N) is 1. The Morgan fingerprint density at radius 1 is 1.47 bits per heavy atom. The minimum atomic E-state index is -1.75. The number of hydrogen-bond acceptors (Lipinski definition) is 4. The molecular formula is C10H16N2O4S. The summed E-state index contributed by atoms with van der Waals surface area (Å²) >= 11 is 0. The Balaban J connectivity index is 4.28. The van der Waals surface area contributed by atoms with E-state index in [1.165, 1.54) is 0 Å². The van der Waals surface area contributed by atoms with E-state index < -0.39 is 27.9 Å². The maximum absolute atomic E-state index is 11.7. The van der Waals surface area contributed by atoms with Gasteiger partial charge in [-0.15, -0.1) is 0 Å². The van der Waals surface area contributed by atoms with Crippen molar-refractivity contribution in [3.8, 4) is 6.07 Å². The third kappa shape index (κ3) is 6.02. The first-order valence-electron chi connectivity index (χ1n) is 5.13. The first kappa shape index (κ1) is 15.6. The molecule has 0 aromatic heterocycles. The summed E-state index contributed by atoms with van der Waals surface area (Å²) in [7, 11) is -1.75. The fourth-order valence-electron chi connectivity index (χ4n) is 1.23. The average Bonchev–Trinajstić information content (AvgIpc) is 2.16. The molecule has 2 N–H and O–H groups in total. The predicted octanol–water partition coefficient (Wildman–Crippen LogP) is -0.126. The Morgan fingerprint density at radius 3 is 2.47 bits per heavy atom. The standard InChI is InChI=1S/C10H16N2O4S/c1-7(2)9(10(14)15)17(16)6-8(13)12-5-3-4-11/h7,9H,3,5-6H2,1-2H3,(H,12,13)(H,14,15). The zero-order chi connectivity index (χ0) is 13.4. The quantitative estimate of drug-likeness (QED) is 0.620. The molecule has 6 nitrogen and oxygen atoms in total. The van der Waals surface area contributed by atoms with Gasteiger partial charge >= 0.3 is 5.97 Å². The van der Waals surface area contributed by atoms with Crippen LogP contribution in [0.5, 0.6) is 0 Å². The molecule has 0 fully saturated rings. The second-order valence-corrected chi connectivity index (χ2v) is 5.34. The van der Waals surface area contributed by atoms with Gasteiger partial charge in [-0.1, -0.05) is 13.8 Å². The van der Waals surface area contributed by atoms with E-state index in [0.717, 1.165) is 0 Å². The molecule has 0 saturated carbocycles. The monoisotopic (exact) mass is 260 g/mol. The van der Waals surface area contributed by atoms with Crippen molar-refractivity contribution < 1.29 is 18.9 Å². The Kier molecular flexibility index (Phi) is 7.14. The van der Waals surface area contributed by atoms with E-state index in [4.69, 9.17) is 10.4 Å². The number of carbonyl (C=O) groups is 2. The van der Waals surface area contributed by atoms with Crippen molar-refractivity contribution in [2.45, 2.75) is 25.5 Å². The maximum Gasteiger partial charge on any atom is 0.319 e. The smallest absolute Gasteiger partial charge is 0.319 e. The van der Waals surface area contributed by atoms with Crippen LogP contribution in [-0.4, -0.2) is 38.7 Å². The van der Waals surface area contributed by atoms with Crippen LogP contribution >= 0.6 is 0 Å². The molecule has 0 saturated heterocycles. The van der Waals surface area contributed by atoms with Gasteiger partial charge in [0.2, 0.25) is 5.91 Å². The van der Waals surface area contributed by atoms with Gasteiger partial charge in [0.25, 0.3) is 0 Å². The number of nitriles is 1. The van der Waals surface area contributed by atoms with E-state index in [2.05, 4.69) is 5.32 Å². The van der Waals surface area contributed by atoms with Gasteiger partial charge in [0.15, 0.2) is 0 Å². The number of carboxylic acid groups (broad SMARTS) is 1. The second kappa shape index (κ2) is 7.79. The van der Waals surface area contributed by atoms with Crippen LogP contribution in [0, 0.1) is 17.2 Å². The molecule has 0 radical (unpaired) electrons. The van der Waals surface area contributed by atoms with Crippen molar-refractivity contribution >= 4 is 22.7 Å². The van der Waals surface area contributed by atoms with Crippen LogP contribution in [0.3, 0.4) is 0 Å². The second-order valence-electron chi connectivity index (χ2n) is 3.79. The molecule has 0 aliphatic rings. The largest absolute Gasteiger partial charge is 0.480 e. The Morgan fingerprint density at radius 2 is 2.06 bits per heavy atom. The Bertz CT molecular complexity index is 349. The van der Waals surface area contributed by atoms with Crippen LogP contribution in [0.25, 0.3) is 0 Å². The number of carbonyl (C=O) groups excluding carboxylic acids is 1. The van der Waals surface area contributed by atoms with E-state index in [1.807, 2.05) is 6.07 Å². The molecule has 0 aliphatic carbocycles. The van der Waals surface area contributed by atoms with Gasteiger partial charge in [-0.2, -0.15) is 5.26 Å². The summed E-state index contributed by atoms with van der Waals surface area (Å²) in [6.45, 7) is 3.47. The minimum Gasteiger partial charge on any atom is -0.480 e. The van der Waals surface area contributed by atoms with Crippen LogP contribution in [0.15, 0.2) is 0 Å². The number of hydrogen-bond donors (Lipinski definition) is 2. The number of aliphatic carboxylic acids is 1. The summed E-state index contributed by atoms with van der Waals surface area (Å²) in [4.78, 5) is 22.1. The van der Waals surface area contributed by atoms with Crippen molar-refractivity contribution in [1.29, 1.82) is 5.26 Å². The minimum absolute atomic E-state index is 0.172. The summed E-state index contributed by atoms with van der Waals surface area (Å²) in [6, 6.07) is 1.85. The zero-order valence-electron chi connectivity index (χ0n) is 9.80. The summed E-state index contributed by atoms with van der Waals surface area (Å²) in [5.41, 5.74) is 0. The maximum atomic E-state index is 11.7.